The van der Waals surface area contributed by atoms with E-state index < -0.39 is 24.2 Å². The summed E-state index contributed by atoms with van der Waals surface area (Å²) in [5.74, 6) is -1.11. The van der Waals surface area contributed by atoms with Crippen LogP contribution in [0.15, 0.2) is 29.2 Å². The molecule has 0 aromatic heterocycles. The molecule has 0 saturated carbocycles. The van der Waals surface area contributed by atoms with Crippen LogP contribution < -0.4 is 4.90 Å². The van der Waals surface area contributed by atoms with Crippen LogP contribution in [0, 0.1) is 0 Å². The Bertz CT molecular complexity index is 465. The Morgan fingerprint density at radius 2 is 1.79 bits per heavy atom. The second kappa shape index (κ2) is 5.97. The number of hydrogen-bond donors (Lipinski definition) is 2. The van der Waals surface area contributed by atoms with Crippen molar-refractivity contribution in [2.75, 3.05) is 11.4 Å². The molecule has 1 N–H and O–H groups in total. The van der Waals surface area contributed by atoms with E-state index in [1.807, 2.05) is 0 Å². The minimum Gasteiger partial charge on any atom is -0.480 e. The summed E-state index contributed by atoms with van der Waals surface area (Å²) >= 11 is 4.14. The number of benzene rings is 1. The summed E-state index contributed by atoms with van der Waals surface area (Å²) in [5.41, 5.74) is -0.230. The van der Waals surface area contributed by atoms with Gasteiger partial charge in [-0.2, -0.15) is 0 Å². The molecule has 104 valence electrons. The second-order valence-corrected chi connectivity index (χ2v) is 5.49. The number of nitrogens with zero attached hydrogens (tertiary/aromatic N) is 1. The van der Waals surface area contributed by atoms with Gasteiger partial charge in [-0.25, -0.2) is 4.79 Å². The van der Waals surface area contributed by atoms with Gasteiger partial charge < -0.3 is 9.84 Å². The second-order valence-electron chi connectivity index (χ2n) is 4.98. The molecule has 0 radical (unpaired) electrons. The highest BCUT2D eigenvalue weighted by Crippen LogP contribution is 2.20. The number of thiol groups is 1. The third-order valence-electron chi connectivity index (χ3n) is 2.07. The van der Waals surface area contributed by atoms with E-state index in [9.17, 15) is 9.59 Å². The number of anilines is 1. The van der Waals surface area contributed by atoms with Crippen LogP contribution in [-0.2, 0) is 9.53 Å². The first-order chi connectivity index (χ1) is 8.69. The van der Waals surface area contributed by atoms with Gasteiger partial charge in [-0.05, 0) is 45.0 Å². The van der Waals surface area contributed by atoms with Gasteiger partial charge in [-0.15, -0.1) is 12.6 Å². The predicted molar refractivity (Wildman–Crippen MR) is 74.9 cm³/mol. The molecular weight excluding hydrogens is 266 g/mol. The first kappa shape index (κ1) is 15.4. The van der Waals surface area contributed by atoms with Crippen LogP contribution in [0.1, 0.15) is 20.8 Å². The molecule has 1 aromatic carbocycles. The van der Waals surface area contributed by atoms with Crippen LogP contribution in [0.2, 0.25) is 0 Å². The van der Waals surface area contributed by atoms with E-state index in [1.165, 1.54) is 0 Å². The molecule has 0 aliphatic carbocycles. The van der Waals surface area contributed by atoms with E-state index in [2.05, 4.69) is 12.6 Å². The van der Waals surface area contributed by atoms with Crippen molar-refractivity contribution in [1.29, 1.82) is 0 Å². The fourth-order valence-corrected chi connectivity index (χ4v) is 1.50. The number of hydrogen-bond acceptors (Lipinski definition) is 4. The van der Waals surface area contributed by atoms with E-state index in [0.717, 1.165) is 9.80 Å². The monoisotopic (exact) mass is 283 g/mol. The first-order valence-corrected chi connectivity index (χ1v) is 6.15. The van der Waals surface area contributed by atoms with Gasteiger partial charge in [-0.3, -0.25) is 9.69 Å². The number of carbonyl (C=O) groups excluding carboxylic acids is 1. The van der Waals surface area contributed by atoms with Crippen LogP contribution >= 0.6 is 12.6 Å². The molecule has 0 fully saturated rings. The zero-order valence-electron chi connectivity index (χ0n) is 11.1. The van der Waals surface area contributed by atoms with Crippen LogP contribution in [0.4, 0.5) is 10.5 Å². The van der Waals surface area contributed by atoms with Gasteiger partial charge in [0.1, 0.15) is 12.1 Å². The maximum absolute atomic E-state index is 12.0. The quantitative estimate of drug-likeness (QED) is 0.837. The minimum absolute atomic E-state index is 0.453. The number of aliphatic carboxylic acids is 1. The van der Waals surface area contributed by atoms with Crippen molar-refractivity contribution in [2.45, 2.75) is 31.3 Å². The Balaban J connectivity index is 2.97. The maximum Gasteiger partial charge on any atom is 0.415 e. The summed E-state index contributed by atoms with van der Waals surface area (Å²) in [5, 5.41) is 8.88. The highest BCUT2D eigenvalue weighted by molar-refractivity contribution is 7.80. The fourth-order valence-electron chi connectivity index (χ4n) is 1.35. The topological polar surface area (TPSA) is 66.8 Å². The van der Waals surface area contributed by atoms with E-state index in [1.54, 1.807) is 45.0 Å². The summed E-state index contributed by atoms with van der Waals surface area (Å²) in [6.45, 7) is 4.71. The van der Waals surface area contributed by atoms with Crippen molar-refractivity contribution in [2.24, 2.45) is 0 Å². The smallest absolute Gasteiger partial charge is 0.415 e. The van der Waals surface area contributed by atoms with Crippen molar-refractivity contribution in [3.05, 3.63) is 24.3 Å². The Hall–Kier alpha value is -1.69. The zero-order valence-corrected chi connectivity index (χ0v) is 12.0. The normalized spacial score (nSPS) is 10.9. The van der Waals surface area contributed by atoms with E-state index >= 15 is 0 Å². The van der Waals surface area contributed by atoms with Crippen LogP contribution in [0.25, 0.3) is 0 Å². The molecule has 6 heteroatoms. The molecular formula is C13H17NO4S. The summed E-state index contributed by atoms with van der Waals surface area (Å²) in [7, 11) is 0. The van der Waals surface area contributed by atoms with E-state index in [4.69, 9.17) is 9.84 Å². The lowest BCUT2D eigenvalue weighted by molar-refractivity contribution is -0.135. The van der Waals surface area contributed by atoms with Crippen molar-refractivity contribution in [3.8, 4) is 0 Å². The first-order valence-electron chi connectivity index (χ1n) is 5.70. The molecule has 1 amide bonds. The number of carboxylic acids is 1. The van der Waals surface area contributed by atoms with E-state index in [-0.39, 0.29) is 0 Å². The van der Waals surface area contributed by atoms with Gasteiger partial charge in [-0.1, -0.05) is 0 Å². The predicted octanol–water partition coefficient (Wildman–Crippen LogP) is 2.80. The molecule has 1 aromatic rings. The van der Waals surface area contributed by atoms with Gasteiger partial charge in [0.05, 0.1) is 0 Å². The zero-order chi connectivity index (χ0) is 14.6. The third-order valence-corrected chi connectivity index (χ3v) is 2.37. The summed E-state index contributed by atoms with van der Waals surface area (Å²) < 4.78 is 5.19. The highest BCUT2D eigenvalue weighted by atomic mass is 32.1. The fraction of sp³-hybridized carbons (Fsp3) is 0.385. The van der Waals surface area contributed by atoms with Crippen molar-refractivity contribution in [3.63, 3.8) is 0 Å². The van der Waals surface area contributed by atoms with Gasteiger partial charge >= 0.3 is 12.1 Å². The Morgan fingerprint density at radius 1 is 1.26 bits per heavy atom. The molecule has 0 atom stereocenters. The summed E-state index contributed by atoms with van der Waals surface area (Å²) in [6, 6.07) is 6.60. The highest BCUT2D eigenvalue weighted by Gasteiger charge is 2.25. The minimum atomic E-state index is -1.11. The number of rotatable bonds is 3. The Labute approximate surface area is 117 Å². The molecule has 0 aliphatic rings. The molecule has 0 saturated heterocycles. The molecule has 0 aliphatic heterocycles. The molecule has 5 nitrogen and oxygen atoms in total. The lowest BCUT2D eigenvalue weighted by Gasteiger charge is -2.26. The SMILES string of the molecule is CC(C)(C)OC(=O)N(CC(=O)O)c1ccc(S)cc1. The largest absolute Gasteiger partial charge is 0.480 e. The average Bonchev–Trinajstić information content (AvgIpc) is 2.24. The average molecular weight is 283 g/mol. The standard InChI is InChI=1S/C13H17NO4S/c1-13(2,3)18-12(17)14(8-11(15)16)9-4-6-10(19)7-5-9/h4-7,19H,8H2,1-3H3,(H,15,16). The Kier molecular flexibility index (Phi) is 4.83. The number of carboxylic acid groups (broad SMARTS) is 1. The summed E-state index contributed by atoms with van der Waals surface area (Å²) in [4.78, 5) is 24.7. The number of carbonyl (C=O) groups is 2. The van der Waals surface area contributed by atoms with Gasteiger partial charge in [0.25, 0.3) is 0 Å². The maximum atomic E-state index is 12.0. The van der Waals surface area contributed by atoms with Crippen LogP contribution in [0.5, 0.6) is 0 Å². The molecule has 19 heavy (non-hydrogen) atoms. The number of amides is 1. The van der Waals surface area contributed by atoms with Crippen molar-refractivity contribution >= 4 is 30.4 Å². The summed E-state index contributed by atoms with van der Waals surface area (Å²) in [6.07, 6.45) is -0.693. The molecule has 0 heterocycles. The lowest BCUT2D eigenvalue weighted by atomic mass is 10.2. The number of ether oxygens (including phenoxy) is 1. The Morgan fingerprint density at radius 3 is 2.21 bits per heavy atom. The molecule has 0 spiro atoms. The van der Waals surface area contributed by atoms with E-state index in [0.29, 0.717) is 5.69 Å². The van der Waals surface area contributed by atoms with Crippen LogP contribution in [0.3, 0.4) is 0 Å². The van der Waals surface area contributed by atoms with Gasteiger partial charge in [0.2, 0.25) is 0 Å². The molecule has 0 unspecified atom stereocenters. The van der Waals surface area contributed by atoms with Crippen LogP contribution in [-0.4, -0.2) is 29.3 Å². The third kappa shape index (κ3) is 5.21. The van der Waals surface area contributed by atoms with Crippen molar-refractivity contribution < 1.29 is 19.4 Å². The molecule has 1 rings (SSSR count). The van der Waals surface area contributed by atoms with Gasteiger partial charge in [0.15, 0.2) is 0 Å². The van der Waals surface area contributed by atoms with Crippen molar-refractivity contribution in [1.82, 2.24) is 0 Å². The molecule has 0 bridgehead atoms. The van der Waals surface area contributed by atoms with Gasteiger partial charge in [0, 0.05) is 10.6 Å². The lowest BCUT2D eigenvalue weighted by Crippen LogP contribution is -2.39.